The molecule has 0 aliphatic heterocycles. The van der Waals surface area contributed by atoms with Crippen molar-refractivity contribution in [2.24, 2.45) is 0 Å². The predicted octanol–water partition coefficient (Wildman–Crippen LogP) is 16.1. The lowest BCUT2D eigenvalue weighted by molar-refractivity contribution is 0.772. The number of nitrogens with two attached hydrogens (primary N) is 1. The van der Waals surface area contributed by atoms with Crippen molar-refractivity contribution in [3.63, 3.8) is 0 Å². The molecule has 2 heteroatoms. The second-order valence-electron chi connectivity index (χ2n) is 14.1. The molecule has 0 aromatic heterocycles. The lowest BCUT2D eigenvalue weighted by Gasteiger charge is -2.36. The molecule has 0 saturated carbocycles. The molecule has 7 aromatic carbocycles. The van der Waals surface area contributed by atoms with Gasteiger partial charge in [0.1, 0.15) is 0 Å². The van der Waals surface area contributed by atoms with Crippen LogP contribution >= 0.6 is 0 Å². The Morgan fingerprint density at radius 2 is 1.17 bits per heavy atom. The molecule has 302 valence electrons. The topological polar surface area (TPSA) is 38.0 Å². The fraction of sp³-hybridized carbons (Fsp3) is 0.138. The number of allylic oxidation sites excluding steroid dienone is 7. The van der Waals surface area contributed by atoms with Gasteiger partial charge in [-0.05, 0) is 118 Å². The van der Waals surface area contributed by atoms with Crippen LogP contribution in [0, 0.1) is 0 Å². The van der Waals surface area contributed by atoms with Gasteiger partial charge in [-0.15, -0.1) is 0 Å². The normalized spacial score (nSPS) is 13.7. The summed E-state index contributed by atoms with van der Waals surface area (Å²) in [6.45, 7) is 16.9. The summed E-state index contributed by atoms with van der Waals surface area (Å²) in [5.74, 6) is 0. The monoisotopic (exact) mass is 784 g/mol. The fourth-order valence-corrected chi connectivity index (χ4v) is 7.70. The smallest absolute Gasteiger partial charge is 0.0728 e. The van der Waals surface area contributed by atoms with Gasteiger partial charge in [0, 0.05) is 17.1 Å². The Labute approximate surface area is 360 Å². The Morgan fingerprint density at radius 3 is 1.85 bits per heavy atom. The predicted molar refractivity (Wildman–Crippen MR) is 264 cm³/mol. The van der Waals surface area contributed by atoms with Crippen molar-refractivity contribution in [2.45, 2.75) is 53.4 Å². The molecule has 60 heavy (non-hydrogen) atoms. The van der Waals surface area contributed by atoms with Gasteiger partial charge in [-0.3, -0.25) is 0 Å². The highest BCUT2D eigenvalue weighted by Gasteiger charge is 2.47. The molecule has 0 saturated heterocycles. The third kappa shape index (κ3) is 10.2. The molecule has 7 aromatic rings. The van der Waals surface area contributed by atoms with E-state index in [1.165, 1.54) is 39.0 Å². The van der Waals surface area contributed by atoms with E-state index in [0.29, 0.717) is 0 Å². The van der Waals surface area contributed by atoms with Crippen LogP contribution in [0.4, 0.5) is 17.1 Å². The average Bonchev–Trinajstić information content (AvgIpc) is 3.61. The standard InChI is InChI=1S/C38H32N2.C16H16.2C2H6/c1-3-4-6-14-27(2)38(36-21-11-12-22-37(36)40-31-17-7-5-8-18-31)34-20-10-9-19-32(34)33-26-29(23-24-35(33)38)28-15-13-16-30(39)25-28;1-14(16-10-6-3-7-11-16)12-13-15-8-4-2-5-9-15;2*1-2/h3-26,40H,2,39H2,1H3;2-12H,13H2,1H3;2*1-2H3/b4-3-,14-6-;14-12+;;. The van der Waals surface area contributed by atoms with Crippen LogP contribution in [0.25, 0.3) is 27.8 Å². The molecule has 0 spiro atoms. The average molecular weight is 785 g/mol. The Morgan fingerprint density at radius 1 is 0.583 bits per heavy atom. The molecule has 0 fully saturated rings. The quantitative estimate of drug-likeness (QED) is 0.107. The molecule has 1 unspecified atom stereocenters. The third-order valence-corrected chi connectivity index (χ3v) is 10.4. The van der Waals surface area contributed by atoms with Gasteiger partial charge in [0.15, 0.2) is 0 Å². The van der Waals surface area contributed by atoms with Gasteiger partial charge < -0.3 is 11.1 Å². The molecule has 0 amide bonds. The summed E-state index contributed by atoms with van der Waals surface area (Å²) in [5.41, 5.74) is 21.7. The number of para-hydroxylation sites is 2. The lowest BCUT2D eigenvalue weighted by Crippen LogP contribution is -2.29. The zero-order valence-electron chi connectivity index (χ0n) is 36.2. The number of rotatable bonds is 10. The van der Waals surface area contributed by atoms with E-state index < -0.39 is 5.41 Å². The number of nitrogen functional groups attached to an aromatic ring is 1. The van der Waals surface area contributed by atoms with E-state index in [2.05, 4.69) is 188 Å². The van der Waals surface area contributed by atoms with Crippen molar-refractivity contribution in [3.05, 3.63) is 252 Å². The molecule has 1 atom stereocenters. The van der Waals surface area contributed by atoms with Crippen LogP contribution in [0.5, 0.6) is 0 Å². The summed E-state index contributed by atoms with van der Waals surface area (Å²) in [6, 6.07) is 63.6. The van der Waals surface area contributed by atoms with E-state index >= 15 is 0 Å². The minimum Gasteiger partial charge on any atom is -0.399 e. The van der Waals surface area contributed by atoms with Crippen LogP contribution < -0.4 is 11.1 Å². The van der Waals surface area contributed by atoms with Gasteiger partial charge in [-0.1, -0.05) is 210 Å². The highest BCUT2D eigenvalue weighted by molar-refractivity contribution is 5.91. The van der Waals surface area contributed by atoms with Gasteiger partial charge in [0.2, 0.25) is 0 Å². The molecule has 8 rings (SSSR count). The summed E-state index contributed by atoms with van der Waals surface area (Å²) in [7, 11) is 0. The van der Waals surface area contributed by atoms with Crippen molar-refractivity contribution < 1.29 is 0 Å². The number of hydrogen-bond acceptors (Lipinski definition) is 2. The summed E-state index contributed by atoms with van der Waals surface area (Å²) in [5, 5.41) is 3.71. The summed E-state index contributed by atoms with van der Waals surface area (Å²) in [6.07, 6.45) is 11.6. The van der Waals surface area contributed by atoms with Gasteiger partial charge in [0.25, 0.3) is 0 Å². The van der Waals surface area contributed by atoms with Crippen molar-refractivity contribution in [1.82, 2.24) is 0 Å². The largest absolute Gasteiger partial charge is 0.399 e. The molecule has 3 N–H and O–H groups in total. The summed E-state index contributed by atoms with van der Waals surface area (Å²) in [4.78, 5) is 0. The van der Waals surface area contributed by atoms with Crippen LogP contribution in [0.1, 0.15) is 69.4 Å². The Bertz CT molecular complexity index is 2510. The van der Waals surface area contributed by atoms with E-state index in [0.717, 1.165) is 45.7 Å². The number of fused-ring (bicyclic) bond motifs is 3. The Kier molecular flexibility index (Phi) is 16.4. The van der Waals surface area contributed by atoms with E-state index in [9.17, 15) is 0 Å². The second-order valence-corrected chi connectivity index (χ2v) is 14.1. The van der Waals surface area contributed by atoms with Crippen LogP contribution in [0.3, 0.4) is 0 Å². The molecule has 1 aliphatic carbocycles. The van der Waals surface area contributed by atoms with Crippen LogP contribution in [0.15, 0.2) is 225 Å². The first-order valence-corrected chi connectivity index (χ1v) is 21.3. The Balaban J connectivity index is 0.000000285. The minimum atomic E-state index is -0.587. The maximum Gasteiger partial charge on any atom is 0.0728 e. The zero-order valence-corrected chi connectivity index (χ0v) is 36.2. The van der Waals surface area contributed by atoms with Crippen molar-refractivity contribution >= 4 is 22.6 Å². The first kappa shape index (κ1) is 44.2. The van der Waals surface area contributed by atoms with E-state index in [1.54, 1.807) is 0 Å². The van der Waals surface area contributed by atoms with Crippen LogP contribution in [-0.4, -0.2) is 0 Å². The molecule has 0 radical (unpaired) electrons. The highest BCUT2D eigenvalue weighted by Crippen LogP contribution is 2.58. The van der Waals surface area contributed by atoms with Crippen molar-refractivity contribution in [2.75, 3.05) is 11.1 Å². The van der Waals surface area contributed by atoms with Gasteiger partial charge in [-0.2, -0.15) is 0 Å². The molecule has 0 heterocycles. The van der Waals surface area contributed by atoms with Gasteiger partial charge >= 0.3 is 0 Å². The lowest BCUT2D eigenvalue weighted by atomic mass is 9.67. The molecular weight excluding hydrogens is 725 g/mol. The van der Waals surface area contributed by atoms with Crippen molar-refractivity contribution in [3.8, 4) is 22.3 Å². The van der Waals surface area contributed by atoms with Gasteiger partial charge in [0.05, 0.1) is 5.41 Å². The van der Waals surface area contributed by atoms with Gasteiger partial charge in [-0.25, -0.2) is 0 Å². The number of hydrogen-bond donors (Lipinski definition) is 2. The molecule has 0 bridgehead atoms. The maximum atomic E-state index is 6.15. The Hall–Kier alpha value is -6.90. The van der Waals surface area contributed by atoms with E-state index in [-0.39, 0.29) is 0 Å². The zero-order chi connectivity index (χ0) is 42.7. The molecule has 2 nitrogen and oxygen atoms in total. The molecule has 1 aliphatic rings. The number of anilines is 3. The summed E-state index contributed by atoms with van der Waals surface area (Å²) >= 11 is 0. The third-order valence-electron chi connectivity index (χ3n) is 10.4. The minimum absolute atomic E-state index is 0.587. The van der Waals surface area contributed by atoms with Crippen LogP contribution in [-0.2, 0) is 11.8 Å². The number of benzene rings is 7. The summed E-state index contributed by atoms with van der Waals surface area (Å²) < 4.78 is 0. The maximum absolute atomic E-state index is 6.15. The SMILES string of the molecule is C/C(=C\Cc1ccccc1)c1ccccc1.C=C(/C=C\C=C/C)C1(c2ccccc2Nc2ccccc2)c2ccccc2-c2cc(-c3cccc(N)c3)ccc21.CC.CC. The van der Waals surface area contributed by atoms with Crippen LogP contribution in [0.2, 0.25) is 0 Å². The fourth-order valence-electron chi connectivity index (χ4n) is 7.70. The molecular formula is C58H60N2. The van der Waals surface area contributed by atoms with Crippen molar-refractivity contribution in [1.29, 1.82) is 0 Å². The number of nitrogens with one attached hydrogen (secondary N) is 1. The highest BCUT2D eigenvalue weighted by atomic mass is 14.9. The van der Waals surface area contributed by atoms with E-state index in [1.807, 2.05) is 71.0 Å². The first-order chi connectivity index (χ1) is 29.5. The second kappa shape index (κ2) is 22.3. The van der Waals surface area contributed by atoms with E-state index in [4.69, 9.17) is 12.3 Å². The first-order valence-electron chi connectivity index (χ1n) is 21.3.